The summed E-state index contributed by atoms with van der Waals surface area (Å²) >= 11 is 13.7. The molecule has 7 nitrogen and oxygen atoms in total. The number of halogens is 2. The van der Waals surface area contributed by atoms with Crippen LogP contribution in [0.1, 0.15) is 50.9 Å². The van der Waals surface area contributed by atoms with Crippen molar-refractivity contribution in [2.24, 2.45) is 5.92 Å². The zero-order valence-corrected chi connectivity index (χ0v) is 21.3. The van der Waals surface area contributed by atoms with Crippen LogP contribution in [0.2, 0.25) is 10.0 Å². The lowest BCUT2D eigenvalue weighted by Gasteiger charge is -2.19. The van der Waals surface area contributed by atoms with Crippen LogP contribution < -0.4 is 15.4 Å². The molecule has 1 aliphatic carbocycles. The molecule has 178 valence electrons. The topological polar surface area (TPSA) is 102 Å². The Balaban J connectivity index is 1.64. The molecule has 4 rings (SSSR count). The summed E-state index contributed by atoms with van der Waals surface area (Å²) in [6.45, 7) is 2.16. The van der Waals surface area contributed by atoms with E-state index in [4.69, 9.17) is 27.9 Å². The van der Waals surface area contributed by atoms with Crippen LogP contribution >= 0.6 is 34.5 Å². The second-order valence-corrected chi connectivity index (χ2v) is 12.7. The summed E-state index contributed by atoms with van der Waals surface area (Å²) in [5.41, 5.74) is 1.58. The maximum atomic E-state index is 13.2. The third-order valence-corrected chi connectivity index (χ3v) is 9.50. The molecule has 0 bridgehead atoms. The maximum Gasteiger partial charge on any atom is 0.256 e. The lowest BCUT2D eigenvalue weighted by molar-refractivity contribution is 0.0941. The van der Waals surface area contributed by atoms with Gasteiger partial charge in [-0.2, -0.15) is 0 Å². The number of fused-ring (bicyclic) bond motifs is 1. The number of rotatable bonds is 5. The summed E-state index contributed by atoms with van der Waals surface area (Å²) in [6, 6.07) is 2.49. The quantitative estimate of drug-likeness (QED) is 0.597. The second-order valence-electron chi connectivity index (χ2n) is 8.56. The molecule has 2 N–H and O–H groups in total. The fourth-order valence-electron chi connectivity index (χ4n) is 4.31. The van der Waals surface area contributed by atoms with Crippen LogP contribution in [-0.4, -0.2) is 44.9 Å². The molecule has 1 fully saturated rings. The number of benzene rings is 1. The number of ether oxygens (including phenoxy) is 1. The Kier molecular flexibility index (Phi) is 6.96. The first-order valence-corrected chi connectivity index (χ1v) is 14.0. The van der Waals surface area contributed by atoms with Crippen molar-refractivity contribution < 1.29 is 22.7 Å². The lowest BCUT2D eigenvalue weighted by Crippen LogP contribution is -2.36. The molecule has 2 atom stereocenters. The van der Waals surface area contributed by atoms with Crippen molar-refractivity contribution in [1.82, 2.24) is 5.32 Å². The van der Waals surface area contributed by atoms with E-state index in [0.717, 1.165) is 29.7 Å². The Morgan fingerprint density at radius 3 is 2.45 bits per heavy atom. The highest BCUT2D eigenvalue weighted by atomic mass is 35.5. The summed E-state index contributed by atoms with van der Waals surface area (Å²) in [5, 5.41) is 6.57. The molecule has 2 heterocycles. The fourth-order valence-corrected chi connectivity index (χ4v) is 8.02. The third kappa shape index (κ3) is 5.16. The van der Waals surface area contributed by atoms with E-state index < -0.39 is 21.8 Å². The average molecular weight is 531 g/mol. The molecule has 2 aliphatic rings. The number of hydrogen-bond donors (Lipinski definition) is 2. The Hall–Kier alpha value is -1.81. The molecule has 2 amide bonds. The molecule has 1 aromatic carbocycles. The van der Waals surface area contributed by atoms with Crippen molar-refractivity contribution in [2.75, 3.05) is 23.9 Å². The van der Waals surface area contributed by atoms with Gasteiger partial charge in [0.1, 0.15) is 5.00 Å². The van der Waals surface area contributed by atoms with Gasteiger partial charge in [-0.3, -0.25) is 9.59 Å². The van der Waals surface area contributed by atoms with E-state index in [-0.39, 0.29) is 38.8 Å². The molecule has 2 aromatic rings. The minimum Gasteiger partial charge on any atom is -0.494 e. The first-order valence-electron chi connectivity index (χ1n) is 10.6. The molecule has 1 saturated heterocycles. The predicted octanol–water partition coefficient (Wildman–Crippen LogP) is 4.36. The Morgan fingerprint density at radius 1 is 1.15 bits per heavy atom. The van der Waals surface area contributed by atoms with E-state index in [1.54, 1.807) is 0 Å². The normalized spacial score (nSPS) is 21.3. The van der Waals surface area contributed by atoms with Crippen LogP contribution in [-0.2, 0) is 22.7 Å². The number of hydrogen-bond acceptors (Lipinski definition) is 6. The molecule has 11 heteroatoms. The third-order valence-electron chi connectivity index (χ3n) is 6.00. The Labute approximate surface area is 206 Å². The minimum absolute atomic E-state index is 0.0629. The standard InChI is InChI=1S/C22H24Cl2N2O5S2/c1-11-3-4-14-17(7-11)32-22(18(14)21(28)25-13-5-6-33(29,30)10-13)26-20(27)12-8-15(23)19(31-2)16(24)9-12/h8-9,11,13H,3-7,10H2,1-2H3,(H,25,28)(H,26,27)/t11-,13+/m0/s1. The van der Waals surface area contributed by atoms with Crippen molar-refractivity contribution in [3.05, 3.63) is 43.7 Å². The van der Waals surface area contributed by atoms with Crippen LogP contribution in [0.25, 0.3) is 0 Å². The predicted molar refractivity (Wildman–Crippen MR) is 131 cm³/mol. The van der Waals surface area contributed by atoms with Gasteiger partial charge in [0.05, 0.1) is 34.2 Å². The summed E-state index contributed by atoms with van der Waals surface area (Å²) in [5.74, 6) is -0.0421. The van der Waals surface area contributed by atoms with Gasteiger partial charge in [-0.05, 0) is 49.3 Å². The summed E-state index contributed by atoms with van der Waals surface area (Å²) in [7, 11) is -1.70. The first-order chi connectivity index (χ1) is 15.6. The summed E-state index contributed by atoms with van der Waals surface area (Å²) < 4.78 is 28.8. The van der Waals surface area contributed by atoms with Crippen molar-refractivity contribution in [2.45, 2.75) is 38.6 Å². The lowest BCUT2D eigenvalue weighted by atomic mass is 9.88. The second kappa shape index (κ2) is 9.44. The van der Waals surface area contributed by atoms with Gasteiger partial charge in [-0.1, -0.05) is 30.1 Å². The van der Waals surface area contributed by atoms with Gasteiger partial charge in [0.25, 0.3) is 11.8 Å². The highest BCUT2D eigenvalue weighted by Gasteiger charge is 2.33. The molecule has 0 spiro atoms. The van der Waals surface area contributed by atoms with Gasteiger partial charge in [-0.15, -0.1) is 11.3 Å². The number of nitrogens with one attached hydrogen (secondary N) is 2. The number of carbonyl (C=O) groups excluding carboxylic acids is 2. The van der Waals surface area contributed by atoms with Crippen LogP contribution in [0.5, 0.6) is 5.75 Å². The first kappa shape index (κ1) is 24.3. The van der Waals surface area contributed by atoms with E-state index in [9.17, 15) is 18.0 Å². The summed E-state index contributed by atoms with van der Waals surface area (Å²) in [6.07, 6.45) is 2.89. The fraction of sp³-hybridized carbons (Fsp3) is 0.455. The van der Waals surface area contributed by atoms with Gasteiger partial charge in [0, 0.05) is 16.5 Å². The van der Waals surface area contributed by atoms with E-state index in [1.165, 1.54) is 30.6 Å². The number of amides is 2. The Bertz CT molecular complexity index is 1200. The molecule has 0 radical (unpaired) electrons. The molecule has 1 aromatic heterocycles. The van der Waals surface area contributed by atoms with E-state index in [1.807, 2.05) is 0 Å². The smallest absolute Gasteiger partial charge is 0.256 e. The number of sulfone groups is 1. The van der Waals surface area contributed by atoms with Gasteiger partial charge in [0.15, 0.2) is 15.6 Å². The highest BCUT2D eigenvalue weighted by Crippen LogP contribution is 2.40. The molecule has 1 aliphatic heterocycles. The summed E-state index contributed by atoms with van der Waals surface area (Å²) in [4.78, 5) is 27.3. The van der Waals surface area contributed by atoms with Gasteiger partial charge in [-0.25, -0.2) is 8.42 Å². The highest BCUT2D eigenvalue weighted by molar-refractivity contribution is 7.91. The average Bonchev–Trinajstić information content (AvgIpc) is 3.25. The van der Waals surface area contributed by atoms with Gasteiger partial charge < -0.3 is 15.4 Å². The zero-order valence-electron chi connectivity index (χ0n) is 18.2. The molecule has 33 heavy (non-hydrogen) atoms. The van der Waals surface area contributed by atoms with E-state index >= 15 is 0 Å². The van der Waals surface area contributed by atoms with Crippen molar-refractivity contribution >= 4 is 61.2 Å². The SMILES string of the molecule is COc1c(Cl)cc(C(=O)Nc2sc3c(c2C(=O)N[C@@H]2CCS(=O)(=O)C2)CC[C@H](C)C3)cc1Cl. The van der Waals surface area contributed by atoms with Crippen LogP contribution in [0, 0.1) is 5.92 Å². The largest absolute Gasteiger partial charge is 0.494 e. The zero-order chi connectivity index (χ0) is 23.9. The monoisotopic (exact) mass is 530 g/mol. The molecular formula is C22H24Cl2N2O5S2. The number of anilines is 1. The van der Waals surface area contributed by atoms with Crippen molar-refractivity contribution in [1.29, 1.82) is 0 Å². The van der Waals surface area contributed by atoms with Gasteiger partial charge >= 0.3 is 0 Å². The maximum absolute atomic E-state index is 13.2. The van der Waals surface area contributed by atoms with Crippen LogP contribution in [0.15, 0.2) is 12.1 Å². The van der Waals surface area contributed by atoms with E-state index in [0.29, 0.717) is 22.9 Å². The molecule has 0 saturated carbocycles. The van der Waals surface area contributed by atoms with Crippen LogP contribution in [0.3, 0.4) is 0 Å². The number of thiophene rings is 1. The number of methoxy groups -OCH3 is 1. The molecular weight excluding hydrogens is 507 g/mol. The molecule has 0 unspecified atom stereocenters. The number of carbonyl (C=O) groups is 2. The van der Waals surface area contributed by atoms with Crippen molar-refractivity contribution in [3.8, 4) is 5.75 Å². The van der Waals surface area contributed by atoms with Crippen molar-refractivity contribution in [3.63, 3.8) is 0 Å². The van der Waals surface area contributed by atoms with Crippen LogP contribution in [0.4, 0.5) is 5.00 Å². The Morgan fingerprint density at radius 2 is 1.85 bits per heavy atom. The van der Waals surface area contributed by atoms with Gasteiger partial charge in [0.2, 0.25) is 0 Å². The minimum atomic E-state index is -3.13. The van der Waals surface area contributed by atoms with E-state index in [2.05, 4.69) is 17.6 Å².